The zero-order valence-electron chi connectivity index (χ0n) is 22.2. The summed E-state index contributed by atoms with van der Waals surface area (Å²) in [6.45, 7) is 3.90. The van der Waals surface area contributed by atoms with Gasteiger partial charge in [-0.25, -0.2) is 14.8 Å². The van der Waals surface area contributed by atoms with Crippen LogP contribution in [0.5, 0.6) is 11.5 Å². The maximum absolute atomic E-state index is 13.8. The molecule has 11 heteroatoms. The Morgan fingerprint density at radius 3 is 2.50 bits per heavy atom. The van der Waals surface area contributed by atoms with E-state index in [2.05, 4.69) is 9.97 Å². The lowest BCUT2D eigenvalue weighted by Crippen LogP contribution is -2.54. The number of rotatable bonds is 8. The summed E-state index contributed by atoms with van der Waals surface area (Å²) in [5, 5.41) is 19.2. The molecule has 4 aromatic rings. The van der Waals surface area contributed by atoms with Gasteiger partial charge in [-0.2, -0.15) is 5.26 Å². The van der Waals surface area contributed by atoms with E-state index in [9.17, 15) is 20.0 Å². The number of ether oxygens (including phenoxy) is 1. The first-order valence-corrected chi connectivity index (χ1v) is 12.8. The van der Waals surface area contributed by atoms with E-state index in [4.69, 9.17) is 10.5 Å². The number of likely N-dealkylation sites (tertiary alicyclic amines) is 1. The molecule has 1 saturated heterocycles. The Balaban J connectivity index is 1.46. The number of hydrogen-bond acceptors (Lipinski definition) is 8. The third kappa shape index (κ3) is 5.04. The van der Waals surface area contributed by atoms with E-state index in [-0.39, 0.29) is 36.3 Å². The Bertz CT molecular complexity index is 1680. The summed E-state index contributed by atoms with van der Waals surface area (Å²) >= 11 is 0. The molecule has 1 aliphatic rings. The molecule has 1 atom stereocenters. The molecule has 0 bridgehead atoms. The number of nitrogens with two attached hydrogens (primary N) is 1. The van der Waals surface area contributed by atoms with Crippen molar-refractivity contribution >= 4 is 22.9 Å². The van der Waals surface area contributed by atoms with E-state index in [0.717, 1.165) is 0 Å². The van der Waals surface area contributed by atoms with Crippen LogP contribution in [0.15, 0.2) is 77.4 Å². The highest BCUT2D eigenvalue weighted by Crippen LogP contribution is 2.28. The lowest BCUT2D eigenvalue weighted by molar-refractivity contribution is -0.134. The van der Waals surface area contributed by atoms with E-state index in [1.165, 1.54) is 21.5 Å². The molecule has 0 saturated carbocycles. The van der Waals surface area contributed by atoms with Crippen LogP contribution in [0, 0.1) is 16.7 Å². The third-order valence-corrected chi connectivity index (χ3v) is 6.90. The topological polar surface area (TPSA) is 152 Å². The molecule has 5 rings (SSSR count). The monoisotopic (exact) mass is 539 g/mol. The number of carbonyl (C=O) groups is 1. The summed E-state index contributed by atoms with van der Waals surface area (Å²) in [5.74, 6) is 1.01. The molecular weight excluding hydrogens is 510 g/mol. The number of para-hydroxylation sites is 1. The van der Waals surface area contributed by atoms with Crippen LogP contribution in [-0.4, -0.2) is 54.2 Å². The average Bonchev–Trinajstić information content (AvgIpc) is 3.22. The van der Waals surface area contributed by atoms with E-state index >= 15 is 0 Å². The Kier molecular flexibility index (Phi) is 7.11. The maximum atomic E-state index is 13.8. The van der Waals surface area contributed by atoms with Gasteiger partial charge in [0.05, 0.1) is 18.3 Å². The smallest absolute Gasteiger partial charge is 0.335 e. The van der Waals surface area contributed by atoms with Gasteiger partial charge in [0.15, 0.2) is 11.5 Å². The minimum absolute atomic E-state index is 0.0390. The summed E-state index contributed by atoms with van der Waals surface area (Å²) < 4.78 is 8.81. The van der Waals surface area contributed by atoms with Crippen molar-refractivity contribution in [1.82, 2.24) is 24.0 Å². The molecule has 11 nitrogen and oxygen atoms in total. The molecular formula is C29H29N7O4. The number of fused-ring (bicyclic) bond motifs is 1. The van der Waals surface area contributed by atoms with Crippen molar-refractivity contribution in [3.63, 3.8) is 0 Å². The fourth-order valence-corrected chi connectivity index (χ4v) is 4.64. The highest BCUT2D eigenvalue weighted by Gasteiger charge is 2.36. The largest absolute Gasteiger partial charge is 0.457 e. The number of aliphatic hydroxyl groups excluding tert-OH is 1. The molecule has 2 aromatic heterocycles. The van der Waals surface area contributed by atoms with Gasteiger partial charge in [0.25, 0.3) is 5.91 Å². The molecule has 1 amide bonds. The molecule has 0 radical (unpaired) electrons. The normalized spacial score (nSPS) is 15.5. The quantitative estimate of drug-likeness (QED) is 0.256. The molecule has 1 aliphatic heterocycles. The number of hydrogen-bond donors (Lipinski definition) is 2. The standard InChI is InChI=1S/C29H29N7O4/c1-29(2,17-37)14-19(15-30)27(38)34-13-12-21(34)16-35-26-24(25(31)32-18-33-26)36(28(35)39)20-8-10-23(11-9-20)40-22-6-4-3-5-7-22/h3-11,14,18,21,37H,12-13,16-17H2,1-2H3,(H2,31,32,33)/t21-/m0/s1. The Morgan fingerprint density at radius 1 is 1.18 bits per heavy atom. The van der Waals surface area contributed by atoms with Gasteiger partial charge in [-0.3, -0.25) is 13.9 Å². The van der Waals surface area contributed by atoms with Crippen LogP contribution < -0.4 is 16.2 Å². The van der Waals surface area contributed by atoms with Gasteiger partial charge in [0.1, 0.15) is 35.0 Å². The van der Waals surface area contributed by atoms with Crippen LogP contribution in [0.1, 0.15) is 20.3 Å². The summed E-state index contributed by atoms with van der Waals surface area (Å²) in [7, 11) is 0. The van der Waals surface area contributed by atoms with Crippen molar-refractivity contribution in [2.75, 3.05) is 18.9 Å². The van der Waals surface area contributed by atoms with E-state index < -0.39 is 11.3 Å². The van der Waals surface area contributed by atoms with Gasteiger partial charge in [-0.1, -0.05) is 38.1 Å². The number of benzene rings is 2. The summed E-state index contributed by atoms with van der Waals surface area (Å²) in [5.41, 5.74) is 6.34. The number of nitrogens with zero attached hydrogens (tertiary/aromatic N) is 6. The molecule has 0 spiro atoms. The lowest BCUT2D eigenvalue weighted by Gasteiger charge is -2.41. The number of aromatic nitrogens is 4. The zero-order chi connectivity index (χ0) is 28.4. The van der Waals surface area contributed by atoms with Crippen LogP contribution in [-0.2, 0) is 11.3 Å². The number of imidazole rings is 1. The van der Waals surface area contributed by atoms with Crippen LogP contribution in [0.25, 0.3) is 16.9 Å². The Morgan fingerprint density at radius 2 is 1.88 bits per heavy atom. The van der Waals surface area contributed by atoms with Crippen LogP contribution in [0.3, 0.4) is 0 Å². The highest BCUT2D eigenvalue weighted by atomic mass is 16.5. The molecule has 3 heterocycles. The minimum atomic E-state index is -0.721. The summed E-state index contributed by atoms with van der Waals surface area (Å²) in [6, 6.07) is 18.0. The van der Waals surface area contributed by atoms with Crippen molar-refractivity contribution in [1.29, 1.82) is 5.26 Å². The summed E-state index contributed by atoms with van der Waals surface area (Å²) in [6.07, 6.45) is 3.44. The molecule has 2 aromatic carbocycles. The lowest BCUT2D eigenvalue weighted by atomic mass is 9.91. The van der Waals surface area contributed by atoms with Crippen molar-refractivity contribution in [3.8, 4) is 23.3 Å². The third-order valence-electron chi connectivity index (χ3n) is 6.90. The maximum Gasteiger partial charge on any atom is 0.335 e. The van der Waals surface area contributed by atoms with Crippen LogP contribution in [0.4, 0.5) is 5.82 Å². The SMILES string of the molecule is CC(C)(C=C(C#N)C(=O)N1CC[C@H]1Cn1c(=O)n(-c2ccc(Oc3ccccc3)cc2)c2c(N)ncnc21)CO. The van der Waals surface area contributed by atoms with Gasteiger partial charge in [-0.15, -0.1) is 0 Å². The van der Waals surface area contributed by atoms with Crippen molar-refractivity contribution in [2.24, 2.45) is 5.41 Å². The second-order valence-electron chi connectivity index (χ2n) is 10.3. The first-order chi connectivity index (χ1) is 19.2. The molecule has 0 aliphatic carbocycles. The Hall–Kier alpha value is -4.95. The highest BCUT2D eigenvalue weighted by molar-refractivity contribution is 5.98. The average molecular weight is 540 g/mol. The predicted molar refractivity (Wildman–Crippen MR) is 149 cm³/mol. The van der Waals surface area contributed by atoms with Gasteiger partial charge < -0.3 is 20.5 Å². The Labute approximate surface area is 230 Å². The number of aliphatic hydroxyl groups is 1. The fraction of sp³-hybridized carbons (Fsp3) is 0.276. The van der Waals surface area contributed by atoms with E-state index in [0.29, 0.717) is 41.3 Å². The van der Waals surface area contributed by atoms with E-state index in [1.54, 1.807) is 43.0 Å². The zero-order valence-corrected chi connectivity index (χ0v) is 22.2. The fourth-order valence-electron chi connectivity index (χ4n) is 4.64. The van der Waals surface area contributed by atoms with Crippen LogP contribution in [0.2, 0.25) is 0 Å². The second-order valence-corrected chi connectivity index (χ2v) is 10.3. The molecule has 3 N–H and O–H groups in total. The number of carbonyl (C=O) groups excluding carboxylic acids is 1. The van der Waals surface area contributed by atoms with Gasteiger partial charge in [0, 0.05) is 18.5 Å². The second kappa shape index (κ2) is 10.7. The van der Waals surface area contributed by atoms with Gasteiger partial charge in [0.2, 0.25) is 0 Å². The van der Waals surface area contributed by atoms with Crippen LogP contribution >= 0.6 is 0 Å². The first-order valence-electron chi connectivity index (χ1n) is 12.8. The van der Waals surface area contributed by atoms with E-state index in [1.807, 2.05) is 36.4 Å². The first kappa shape index (κ1) is 26.6. The number of nitriles is 1. The number of amides is 1. The van der Waals surface area contributed by atoms with Crippen molar-refractivity contribution < 1.29 is 14.6 Å². The molecule has 204 valence electrons. The molecule has 40 heavy (non-hydrogen) atoms. The number of nitrogen functional groups attached to an aromatic ring is 1. The van der Waals surface area contributed by atoms with Crippen molar-refractivity contribution in [2.45, 2.75) is 32.9 Å². The molecule has 0 unspecified atom stereocenters. The number of anilines is 1. The van der Waals surface area contributed by atoms with Gasteiger partial charge >= 0.3 is 5.69 Å². The molecule has 1 fully saturated rings. The predicted octanol–water partition coefficient (Wildman–Crippen LogP) is 3.03. The van der Waals surface area contributed by atoms with Gasteiger partial charge in [-0.05, 0) is 42.8 Å². The van der Waals surface area contributed by atoms with Crippen molar-refractivity contribution in [3.05, 3.63) is 83.1 Å². The minimum Gasteiger partial charge on any atom is -0.457 e. The summed E-state index contributed by atoms with van der Waals surface area (Å²) in [4.78, 5) is 36.9.